The zero-order valence-corrected chi connectivity index (χ0v) is 9.63. The van der Waals surface area contributed by atoms with Gasteiger partial charge in [-0.3, -0.25) is 5.10 Å². The molecule has 1 aromatic rings. The molecule has 0 unspecified atom stereocenters. The van der Waals surface area contributed by atoms with Gasteiger partial charge < -0.3 is 9.30 Å². The highest BCUT2D eigenvalue weighted by Gasteiger charge is 2.13. The Kier molecular flexibility index (Phi) is 3.91. The summed E-state index contributed by atoms with van der Waals surface area (Å²) < 4.78 is 8.37. The van der Waals surface area contributed by atoms with Crippen LogP contribution in [0.5, 0.6) is 0 Å². The molecule has 0 saturated heterocycles. The number of H-pyrrole nitrogens is 1. The van der Waals surface area contributed by atoms with Crippen LogP contribution in [0.4, 0.5) is 0 Å². The van der Waals surface area contributed by atoms with Gasteiger partial charge in [-0.2, -0.15) is 5.10 Å². The molecule has 0 radical (unpaired) electrons. The van der Waals surface area contributed by atoms with Gasteiger partial charge in [0.05, 0.1) is 12.7 Å². The quantitative estimate of drug-likeness (QED) is 0.802. The smallest absolute Gasteiger partial charge is 0.195 e. The third-order valence-corrected chi connectivity index (χ3v) is 3.18. The summed E-state index contributed by atoms with van der Waals surface area (Å²) in [5.74, 6) is 0. The molecule has 0 bridgehead atoms. The predicted molar refractivity (Wildman–Crippen MR) is 60.2 cm³/mol. The van der Waals surface area contributed by atoms with Gasteiger partial charge in [0, 0.05) is 6.54 Å². The molecule has 0 atom stereocenters. The zero-order valence-electron chi connectivity index (χ0n) is 8.82. The fraction of sp³-hybridized carbons (Fsp3) is 0.800. The third-order valence-electron chi connectivity index (χ3n) is 2.86. The fourth-order valence-electron chi connectivity index (χ4n) is 1.98. The SMILES string of the molecule is S=c1[nH]ncn1CCOC1CCCCC1. The molecular formula is C10H17N3OS. The molecule has 0 aromatic carbocycles. The van der Waals surface area contributed by atoms with Crippen molar-refractivity contribution in [1.29, 1.82) is 0 Å². The second-order valence-corrected chi connectivity index (χ2v) is 4.37. The van der Waals surface area contributed by atoms with E-state index in [1.165, 1.54) is 32.1 Å². The summed E-state index contributed by atoms with van der Waals surface area (Å²) in [5.41, 5.74) is 0. The van der Waals surface area contributed by atoms with Crippen LogP contribution in [0.15, 0.2) is 6.33 Å². The van der Waals surface area contributed by atoms with E-state index in [2.05, 4.69) is 10.2 Å². The van der Waals surface area contributed by atoms with Crippen LogP contribution in [0.2, 0.25) is 0 Å². The predicted octanol–water partition coefficient (Wildman–Crippen LogP) is 2.29. The van der Waals surface area contributed by atoms with Crippen molar-refractivity contribution in [1.82, 2.24) is 14.8 Å². The molecule has 1 heterocycles. The molecule has 1 aromatic heterocycles. The van der Waals surface area contributed by atoms with Crippen LogP contribution < -0.4 is 0 Å². The molecule has 1 fully saturated rings. The maximum atomic E-state index is 5.80. The summed E-state index contributed by atoms with van der Waals surface area (Å²) in [6.45, 7) is 1.53. The zero-order chi connectivity index (χ0) is 10.5. The molecule has 0 amide bonds. The Morgan fingerprint density at radius 1 is 1.47 bits per heavy atom. The van der Waals surface area contributed by atoms with Crippen molar-refractivity contribution < 1.29 is 4.74 Å². The lowest BCUT2D eigenvalue weighted by molar-refractivity contribution is 0.0239. The summed E-state index contributed by atoms with van der Waals surface area (Å²) >= 11 is 5.04. The number of aromatic nitrogens is 3. The number of aromatic amines is 1. The van der Waals surface area contributed by atoms with Crippen LogP contribution in [0.3, 0.4) is 0 Å². The number of hydrogen-bond acceptors (Lipinski definition) is 3. The Morgan fingerprint density at radius 3 is 2.93 bits per heavy atom. The van der Waals surface area contributed by atoms with Crippen molar-refractivity contribution in [2.75, 3.05) is 6.61 Å². The summed E-state index contributed by atoms with van der Waals surface area (Å²) in [6, 6.07) is 0. The lowest BCUT2D eigenvalue weighted by Crippen LogP contribution is -2.19. The van der Waals surface area contributed by atoms with Gasteiger partial charge in [0.15, 0.2) is 4.77 Å². The van der Waals surface area contributed by atoms with E-state index >= 15 is 0 Å². The van der Waals surface area contributed by atoms with E-state index in [0.29, 0.717) is 10.9 Å². The third kappa shape index (κ3) is 3.14. The first-order valence-corrected chi connectivity index (χ1v) is 5.98. The van der Waals surface area contributed by atoms with Gasteiger partial charge in [-0.05, 0) is 25.1 Å². The van der Waals surface area contributed by atoms with Crippen LogP contribution in [0, 0.1) is 4.77 Å². The summed E-state index contributed by atoms with van der Waals surface area (Å²) in [6.07, 6.45) is 8.62. The first-order valence-electron chi connectivity index (χ1n) is 5.57. The fourth-order valence-corrected chi connectivity index (χ4v) is 2.17. The van der Waals surface area contributed by atoms with Crippen LogP contribution in [0.25, 0.3) is 0 Å². The van der Waals surface area contributed by atoms with Crippen molar-refractivity contribution >= 4 is 12.2 Å². The molecule has 4 nitrogen and oxygen atoms in total. The second-order valence-electron chi connectivity index (χ2n) is 3.99. The number of nitrogens with one attached hydrogen (secondary N) is 1. The van der Waals surface area contributed by atoms with E-state index in [0.717, 1.165) is 13.2 Å². The number of ether oxygens (including phenoxy) is 1. The highest BCUT2D eigenvalue weighted by Crippen LogP contribution is 2.20. The number of hydrogen-bond donors (Lipinski definition) is 1. The molecule has 1 N–H and O–H groups in total. The van der Waals surface area contributed by atoms with Crippen molar-refractivity contribution in [3.05, 3.63) is 11.1 Å². The average Bonchev–Trinajstić information content (AvgIpc) is 2.66. The van der Waals surface area contributed by atoms with Gasteiger partial charge in [0.2, 0.25) is 0 Å². The van der Waals surface area contributed by atoms with E-state index in [1.54, 1.807) is 6.33 Å². The van der Waals surface area contributed by atoms with Gasteiger partial charge in [-0.1, -0.05) is 19.3 Å². The molecule has 1 aliphatic carbocycles. The molecule has 0 spiro atoms. The number of rotatable bonds is 4. The Bertz CT molecular complexity index is 340. The van der Waals surface area contributed by atoms with Crippen molar-refractivity contribution in [3.63, 3.8) is 0 Å². The Labute approximate surface area is 94.6 Å². The van der Waals surface area contributed by atoms with Gasteiger partial charge in [0.25, 0.3) is 0 Å². The lowest BCUT2D eigenvalue weighted by Gasteiger charge is -2.21. The Balaban J connectivity index is 1.70. The first-order chi connectivity index (χ1) is 7.36. The molecule has 2 rings (SSSR count). The van der Waals surface area contributed by atoms with E-state index in [1.807, 2.05) is 4.57 Å². The van der Waals surface area contributed by atoms with Gasteiger partial charge in [-0.25, -0.2) is 0 Å². The highest BCUT2D eigenvalue weighted by atomic mass is 32.1. The number of nitrogens with zero attached hydrogens (tertiary/aromatic N) is 2. The van der Waals surface area contributed by atoms with E-state index in [4.69, 9.17) is 17.0 Å². The standard InChI is InChI=1S/C10H17N3OS/c15-10-12-11-8-13(10)6-7-14-9-4-2-1-3-5-9/h8-9H,1-7H2,(H,12,15). The van der Waals surface area contributed by atoms with Crippen LogP contribution in [-0.4, -0.2) is 27.5 Å². The van der Waals surface area contributed by atoms with Gasteiger partial charge >= 0.3 is 0 Å². The summed E-state index contributed by atoms with van der Waals surface area (Å²) in [5, 5.41) is 6.59. The van der Waals surface area contributed by atoms with Gasteiger partial charge in [-0.15, -0.1) is 0 Å². The topological polar surface area (TPSA) is 42.8 Å². The molecular weight excluding hydrogens is 210 g/mol. The monoisotopic (exact) mass is 227 g/mol. The second kappa shape index (κ2) is 5.42. The molecule has 0 aliphatic heterocycles. The van der Waals surface area contributed by atoms with Crippen molar-refractivity contribution in [2.24, 2.45) is 0 Å². The molecule has 1 saturated carbocycles. The van der Waals surface area contributed by atoms with Crippen LogP contribution in [-0.2, 0) is 11.3 Å². The van der Waals surface area contributed by atoms with E-state index in [9.17, 15) is 0 Å². The van der Waals surface area contributed by atoms with E-state index < -0.39 is 0 Å². The minimum Gasteiger partial charge on any atom is -0.376 e. The molecule has 15 heavy (non-hydrogen) atoms. The van der Waals surface area contributed by atoms with Crippen molar-refractivity contribution in [3.8, 4) is 0 Å². The first kappa shape index (κ1) is 10.8. The average molecular weight is 227 g/mol. The summed E-state index contributed by atoms with van der Waals surface area (Å²) in [4.78, 5) is 0. The van der Waals surface area contributed by atoms with Crippen LogP contribution in [0.1, 0.15) is 32.1 Å². The van der Waals surface area contributed by atoms with E-state index in [-0.39, 0.29) is 0 Å². The Morgan fingerprint density at radius 2 is 2.27 bits per heavy atom. The van der Waals surface area contributed by atoms with Crippen molar-refractivity contribution in [2.45, 2.75) is 44.8 Å². The highest BCUT2D eigenvalue weighted by molar-refractivity contribution is 7.71. The minimum atomic E-state index is 0.472. The molecule has 5 heteroatoms. The normalized spacial score (nSPS) is 18.1. The lowest BCUT2D eigenvalue weighted by atomic mass is 9.98. The van der Waals surface area contributed by atoms with Gasteiger partial charge in [0.1, 0.15) is 6.33 Å². The maximum Gasteiger partial charge on any atom is 0.195 e. The maximum absolute atomic E-state index is 5.80. The minimum absolute atomic E-state index is 0.472. The Hall–Kier alpha value is -0.680. The summed E-state index contributed by atoms with van der Waals surface area (Å²) in [7, 11) is 0. The molecule has 1 aliphatic rings. The molecule has 84 valence electrons. The van der Waals surface area contributed by atoms with Crippen LogP contribution >= 0.6 is 12.2 Å². The largest absolute Gasteiger partial charge is 0.376 e.